The summed E-state index contributed by atoms with van der Waals surface area (Å²) in [4.78, 5) is 24.4. The van der Waals surface area contributed by atoms with Gasteiger partial charge in [-0.15, -0.1) is 0 Å². The number of amides is 1. The lowest BCUT2D eigenvalue weighted by atomic mass is 10.1. The smallest absolute Gasteiger partial charge is 0.324 e. The summed E-state index contributed by atoms with van der Waals surface area (Å²) in [6.45, 7) is 2.83. The van der Waals surface area contributed by atoms with Crippen molar-refractivity contribution in [2.45, 2.75) is 24.8 Å². The second-order valence-electron chi connectivity index (χ2n) is 6.29. The Morgan fingerprint density at radius 1 is 1.04 bits per heavy atom. The molecule has 2 aromatic rings. The molecule has 0 aliphatic carbocycles. The zero-order chi connectivity index (χ0) is 20.7. The fraction of sp³-hybridized carbons (Fsp3) is 0.263. The first kappa shape index (κ1) is 22.1. The number of nitrogens with one attached hydrogen (secondary N) is 2. The van der Waals surface area contributed by atoms with E-state index in [0.717, 1.165) is 0 Å². The van der Waals surface area contributed by atoms with Crippen molar-refractivity contribution in [3.05, 3.63) is 59.1 Å². The maximum atomic E-state index is 12.5. The van der Waals surface area contributed by atoms with Gasteiger partial charge in [0.2, 0.25) is 10.0 Å². The number of halogens is 1. The number of carbonyl (C=O) groups excluding carboxylic acids is 2. The van der Waals surface area contributed by atoms with E-state index < -0.39 is 34.5 Å². The molecule has 0 saturated heterocycles. The minimum atomic E-state index is -3.90. The Morgan fingerprint density at radius 2 is 1.64 bits per heavy atom. The molecular formula is C19H21BrN2O5S. The van der Waals surface area contributed by atoms with Gasteiger partial charge in [0.15, 0.2) is 6.61 Å². The highest BCUT2D eigenvalue weighted by molar-refractivity contribution is 9.10. The van der Waals surface area contributed by atoms with Gasteiger partial charge in [-0.3, -0.25) is 9.59 Å². The van der Waals surface area contributed by atoms with E-state index in [1.54, 1.807) is 56.3 Å². The van der Waals surface area contributed by atoms with Gasteiger partial charge in [-0.2, -0.15) is 4.72 Å². The van der Waals surface area contributed by atoms with E-state index in [9.17, 15) is 18.0 Å². The van der Waals surface area contributed by atoms with Crippen molar-refractivity contribution < 1.29 is 22.7 Å². The molecular weight excluding hydrogens is 448 g/mol. The van der Waals surface area contributed by atoms with Crippen molar-refractivity contribution in [1.82, 2.24) is 4.72 Å². The lowest BCUT2D eigenvalue weighted by Gasteiger charge is -2.20. The van der Waals surface area contributed by atoms with Crippen LogP contribution in [0.25, 0.3) is 0 Å². The fourth-order valence-electron chi connectivity index (χ4n) is 2.27. The van der Waals surface area contributed by atoms with Gasteiger partial charge in [0.05, 0.1) is 10.6 Å². The van der Waals surface area contributed by atoms with Gasteiger partial charge in [-0.05, 0) is 46.1 Å². The molecule has 0 radical (unpaired) electrons. The fourth-order valence-corrected chi connectivity index (χ4v) is 4.00. The van der Waals surface area contributed by atoms with Crippen LogP contribution in [0.1, 0.15) is 13.8 Å². The van der Waals surface area contributed by atoms with Crippen molar-refractivity contribution in [3.63, 3.8) is 0 Å². The highest BCUT2D eigenvalue weighted by atomic mass is 79.9. The maximum Gasteiger partial charge on any atom is 0.324 e. The summed E-state index contributed by atoms with van der Waals surface area (Å²) in [6.07, 6.45) is 0. The average molecular weight is 469 g/mol. The molecule has 0 aromatic heterocycles. The number of esters is 1. The molecule has 2 N–H and O–H groups in total. The van der Waals surface area contributed by atoms with E-state index in [0.29, 0.717) is 10.2 Å². The summed E-state index contributed by atoms with van der Waals surface area (Å²) in [5.41, 5.74) is 0.536. The number of carbonyl (C=O) groups is 2. The largest absolute Gasteiger partial charge is 0.454 e. The number of para-hydroxylation sites is 1. The van der Waals surface area contributed by atoms with Crippen molar-refractivity contribution in [2.24, 2.45) is 5.92 Å². The van der Waals surface area contributed by atoms with Crippen LogP contribution in [0, 0.1) is 5.92 Å². The Bertz CT molecular complexity index is 932. The Kier molecular flexibility index (Phi) is 7.73. The van der Waals surface area contributed by atoms with Gasteiger partial charge < -0.3 is 10.1 Å². The van der Waals surface area contributed by atoms with Crippen molar-refractivity contribution >= 4 is 43.5 Å². The van der Waals surface area contributed by atoms with Gasteiger partial charge in [0.1, 0.15) is 6.04 Å². The summed E-state index contributed by atoms with van der Waals surface area (Å²) in [6, 6.07) is 13.6. The molecule has 1 atom stereocenters. The lowest BCUT2D eigenvalue weighted by molar-refractivity contribution is -0.150. The molecule has 0 spiro atoms. The van der Waals surface area contributed by atoms with Crippen LogP contribution in [0.15, 0.2) is 64.0 Å². The first-order valence-corrected chi connectivity index (χ1v) is 10.8. The van der Waals surface area contributed by atoms with E-state index in [1.165, 1.54) is 12.1 Å². The second kappa shape index (κ2) is 9.81. The van der Waals surface area contributed by atoms with Crippen LogP contribution >= 0.6 is 15.9 Å². The zero-order valence-corrected chi connectivity index (χ0v) is 17.8. The molecule has 0 bridgehead atoms. The molecule has 150 valence electrons. The lowest BCUT2D eigenvalue weighted by Crippen LogP contribution is -2.45. The van der Waals surface area contributed by atoms with Crippen LogP contribution in [0.4, 0.5) is 5.69 Å². The van der Waals surface area contributed by atoms with E-state index >= 15 is 0 Å². The molecule has 0 heterocycles. The van der Waals surface area contributed by atoms with Gasteiger partial charge in [0.25, 0.3) is 5.91 Å². The first-order valence-electron chi connectivity index (χ1n) is 8.49. The van der Waals surface area contributed by atoms with Crippen molar-refractivity contribution in [3.8, 4) is 0 Å². The van der Waals surface area contributed by atoms with Gasteiger partial charge in [0, 0.05) is 4.47 Å². The van der Waals surface area contributed by atoms with Gasteiger partial charge >= 0.3 is 5.97 Å². The molecule has 9 heteroatoms. The molecule has 0 fully saturated rings. The quantitative estimate of drug-likeness (QED) is 0.579. The number of rotatable bonds is 8. The third-order valence-corrected chi connectivity index (χ3v) is 5.90. The molecule has 28 heavy (non-hydrogen) atoms. The Labute approximate surface area is 172 Å². The molecule has 7 nitrogen and oxygen atoms in total. The predicted octanol–water partition coefficient (Wildman–Crippen LogP) is 2.93. The summed E-state index contributed by atoms with van der Waals surface area (Å²) in [5.74, 6) is -1.73. The first-order chi connectivity index (χ1) is 13.2. The summed E-state index contributed by atoms with van der Waals surface area (Å²) in [7, 11) is -3.90. The Hall–Kier alpha value is -2.23. The number of anilines is 1. The van der Waals surface area contributed by atoms with Crippen LogP contribution in [-0.4, -0.2) is 32.9 Å². The summed E-state index contributed by atoms with van der Waals surface area (Å²) >= 11 is 3.30. The average Bonchev–Trinajstić information content (AvgIpc) is 2.66. The minimum absolute atomic E-state index is 0.0418. The Balaban J connectivity index is 1.99. The summed E-state index contributed by atoms with van der Waals surface area (Å²) < 4.78 is 33.0. The van der Waals surface area contributed by atoms with E-state index in [1.807, 2.05) is 0 Å². The van der Waals surface area contributed by atoms with Gasteiger partial charge in [-0.1, -0.05) is 44.2 Å². The van der Waals surface area contributed by atoms with Crippen LogP contribution in [0.2, 0.25) is 0 Å². The Morgan fingerprint density at radius 3 is 2.25 bits per heavy atom. The van der Waals surface area contributed by atoms with Crippen molar-refractivity contribution in [2.75, 3.05) is 11.9 Å². The third-order valence-electron chi connectivity index (χ3n) is 3.75. The molecule has 0 unspecified atom stereocenters. The third kappa shape index (κ3) is 6.15. The van der Waals surface area contributed by atoms with Crippen LogP contribution in [0.3, 0.4) is 0 Å². The molecule has 0 aliphatic rings. The van der Waals surface area contributed by atoms with Crippen molar-refractivity contribution in [1.29, 1.82) is 0 Å². The number of hydrogen-bond donors (Lipinski definition) is 2. The molecule has 1 amide bonds. The highest BCUT2D eigenvalue weighted by Gasteiger charge is 2.30. The minimum Gasteiger partial charge on any atom is -0.454 e. The molecule has 0 saturated carbocycles. The van der Waals surface area contributed by atoms with E-state index in [-0.39, 0.29) is 10.8 Å². The van der Waals surface area contributed by atoms with E-state index in [2.05, 4.69) is 26.0 Å². The predicted molar refractivity (Wildman–Crippen MR) is 109 cm³/mol. The molecule has 2 rings (SSSR count). The van der Waals surface area contributed by atoms with Crippen LogP contribution in [-0.2, 0) is 24.3 Å². The SMILES string of the molecule is CC(C)[C@H](NS(=O)(=O)c1ccccc1)C(=O)OCC(=O)Nc1ccccc1Br. The number of benzene rings is 2. The highest BCUT2D eigenvalue weighted by Crippen LogP contribution is 2.21. The normalized spacial score (nSPS) is 12.4. The number of hydrogen-bond acceptors (Lipinski definition) is 5. The van der Waals surface area contributed by atoms with Crippen LogP contribution in [0.5, 0.6) is 0 Å². The monoisotopic (exact) mass is 468 g/mol. The number of ether oxygens (including phenoxy) is 1. The zero-order valence-electron chi connectivity index (χ0n) is 15.4. The molecule has 2 aromatic carbocycles. The van der Waals surface area contributed by atoms with Gasteiger partial charge in [-0.25, -0.2) is 8.42 Å². The van der Waals surface area contributed by atoms with Crippen LogP contribution < -0.4 is 10.0 Å². The standard InChI is InChI=1S/C19H21BrN2O5S/c1-13(2)18(22-28(25,26)14-8-4-3-5-9-14)19(24)27-12-17(23)21-16-11-7-6-10-15(16)20/h3-11,13,18,22H,12H2,1-2H3,(H,21,23)/t18-/m0/s1. The maximum absolute atomic E-state index is 12.5. The summed E-state index contributed by atoms with van der Waals surface area (Å²) in [5, 5.41) is 2.61. The second-order valence-corrected chi connectivity index (χ2v) is 8.86. The van der Waals surface area contributed by atoms with E-state index in [4.69, 9.17) is 4.74 Å². The topological polar surface area (TPSA) is 102 Å². The number of sulfonamides is 1. The molecule has 0 aliphatic heterocycles.